The number of nitro groups is 1. The molecule has 13 heavy (non-hydrogen) atoms. The zero-order chi connectivity index (χ0) is 10.3. The molecule has 0 unspecified atom stereocenters. The van der Waals surface area contributed by atoms with Crippen LogP contribution in [0.4, 0.5) is 0 Å². The van der Waals surface area contributed by atoms with Gasteiger partial charge in [-0.2, -0.15) is 10.6 Å². The zero-order valence-electron chi connectivity index (χ0n) is 6.54. The van der Waals surface area contributed by atoms with Crippen LogP contribution in [0, 0.1) is 15.6 Å². The van der Waals surface area contributed by atoms with E-state index in [0.29, 0.717) is 0 Å². The molecule has 0 saturated carbocycles. The van der Waals surface area contributed by atoms with E-state index in [2.05, 4.69) is 15.6 Å². The number of aliphatic hydroxyl groups is 1. The van der Waals surface area contributed by atoms with E-state index in [1.165, 1.54) is 0 Å². The van der Waals surface area contributed by atoms with Gasteiger partial charge in [0.1, 0.15) is 10.6 Å². The predicted molar refractivity (Wildman–Crippen MR) is 40.3 cm³/mol. The predicted octanol–water partition coefficient (Wildman–Crippen LogP) is 0.737. The van der Waals surface area contributed by atoms with Crippen LogP contribution in [0.5, 0.6) is 0 Å². The summed E-state index contributed by atoms with van der Waals surface area (Å²) in [6.07, 6.45) is -0.00810. The molecule has 0 saturated heterocycles. The van der Waals surface area contributed by atoms with Crippen LogP contribution < -0.4 is 5.73 Å². The third kappa shape index (κ3) is 4.40. The van der Waals surface area contributed by atoms with Crippen LogP contribution in [0.25, 0.3) is 0 Å². The Morgan fingerprint density at radius 2 is 2.31 bits per heavy atom. The average molecular weight is 188 g/mol. The first-order valence-electron chi connectivity index (χ1n) is 3.14. The Balaban J connectivity index is 4.06. The summed E-state index contributed by atoms with van der Waals surface area (Å²) in [6.45, 7) is 0.0338. The molecule has 0 bridgehead atoms. The maximum Gasteiger partial charge on any atom is 0.444 e. The van der Waals surface area contributed by atoms with Gasteiger partial charge in [-0.1, -0.05) is 0 Å². The third-order valence-electron chi connectivity index (χ3n) is 1.05. The highest BCUT2D eigenvalue weighted by Crippen LogP contribution is 2.00. The first-order valence-corrected chi connectivity index (χ1v) is 3.14. The lowest BCUT2D eigenvalue weighted by molar-refractivity contribution is -0.460. The maximum absolute atomic E-state index is 9.94. The molecule has 0 fully saturated rings. The van der Waals surface area contributed by atoms with Crippen molar-refractivity contribution in [2.24, 2.45) is 21.3 Å². The van der Waals surface area contributed by atoms with Gasteiger partial charge in [0.2, 0.25) is 0 Å². The fraction of sp³-hybridized carbons (Fsp3) is 0.500. The Morgan fingerprint density at radius 1 is 1.69 bits per heavy atom. The maximum atomic E-state index is 9.94. The lowest BCUT2D eigenvalue weighted by Gasteiger charge is -1.94. The molecule has 0 aliphatic heterocycles. The molecule has 4 N–H and O–H groups in total. The van der Waals surface area contributed by atoms with E-state index in [1.54, 1.807) is 0 Å². The highest BCUT2D eigenvalue weighted by molar-refractivity contribution is 4.96. The van der Waals surface area contributed by atoms with Gasteiger partial charge in [0.05, 0.1) is 6.54 Å². The van der Waals surface area contributed by atoms with E-state index < -0.39 is 10.8 Å². The lowest BCUT2D eigenvalue weighted by Crippen LogP contribution is -2.10. The van der Waals surface area contributed by atoms with Crippen LogP contribution in [0.15, 0.2) is 27.1 Å². The Hall–Kier alpha value is -2.06. The van der Waals surface area contributed by atoms with Gasteiger partial charge in [0.25, 0.3) is 0 Å². The molecule has 0 aromatic heterocycles. The Labute approximate surface area is 72.6 Å². The first kappa shape index (κ1) is 10.9. The summed E-state index contributed by atoms with van der Waals surface area (Å²) in [4.78, 5) is 8.95. The Kier molecular flexibility index (Phi) is 4.69. The number of hydrogen-bond donors (Lipinski definition) is 3. The van der Waals surface area contributed by atoms with E-state index in [4.69, 9.17) is 16.4 Å². The zero-order valence-corrected chi connectivity index (χ0v) is 6.54. The molecule has 0 atom stereocenters. The van der Waals surface area contributed by atoms with E-state index in [1.807, 2.05) is 0 Å². The number of aliphatic hydroxyl groups excluding tert-OH is 1. The molecule has 9 nitrogen and oxygen atoms in total. The van der Waals surface area contributed by atoms with Gasteiger partial charge in [-0.15, -0.1) is 0 Å². The number of nitrogens with zero attached hydrogens (tertiary/aromatic N) is 4. The van der Waals surface area contributed by atoms with Gasteiger partial charge < -0.3 is 10.8 Å². The van der Waals surface area contributed by atoms with Crippen molar-refractivity contribution >= 4 is 0 Å². The SMILES string of the molecule is N=NN=NCC/C(N)=C(\O)[N+](=O)[O-]. The standard InChI is InChI=1S/C4H8N6O3/c5-3(4(11)10(12)13)1-2-7-9-8-6/h6,11H,1-2,5H2/b4-3+,8-6?,9-7?. The molecule has 0 aromatic carbocycles. The minimum atomic E-state index is -1.09. The molecule has 0 heterocycles. The molecule has 0 radical (unpaired) electrons. The van der Waals surface area contributed by atoms with Gasteiger partial charge >= 0.3 is 5.88 Å². The van der Waals surface area contributed by atoms with E-state index >= 15 is 0 Å². The van der Waals surface area contributed by atoms with Crippen molar-refractivity contribution < 1.29 is 10.0 Å². The molecule has 0 rings (SSSR count). The molecular weight excluding hydrogens is 180 g/mol. The molecular formula is C4H8N6O3. The molecule has 0 aliphatic rings. The van der Waals surface area contributed by atoms with Gasteiger partial charge in [0.15, 0.2) is 0 Å². The number of hydrogen-bond acceptors (Lipinski definition) is 6. The van der Waals surface area contributed by atoms with E-state index in [0.717, 1.165) is 0 Å². The highest BCUT2D eigenvalue weighted by atomic mass is 16.7. The fourth-order valence-electron chi connectivity index (χ4n) is 0.476. The molecule has 9 heteroatoms. The van der Waals surface area contributed by atoms with Gasteiger partial charge in [-0.05, 0) is 10.4 Å². The van der Waals surface area contributed by atoms with Gasteiger partial charge in [-0.25, -0.2) is 0 Å². The van der Waals surface area contributed by atoms with Crippen molar-refractivity contribution in [3.8, 4) is 0 Å². The number of nitrogens with two attached hydrogens (primary N) is 1. The van der Waals surface area contributed by atoms with Crippen molar-refractivity contribution in [3.63, 3.8) is 0 Å². The fourth-order valence-corrected chi connectivity index (χ4v) is 0.476. The summed E-state index contributed by atoms with van der Waals surface area (Å²) in [6, 6.07) is 0. The summed E-state index contributed by atoms with van der Waals surface area (Å²) >= 11 is 0. The van der Waals surface area contributed by atoms with Crippen LogP contribution in [-0.2, 0) is 0 Å². The topological polar surface area (TPSA) is 150 Å². The summed E-state index contributed by atoms with van der Waals surface area (Å²) in [5, 5.41) is 27.4. The molecule has 0 spiro atoms. The second-order valence-corrected chi connectivity index (χ2v) is 1.91. The quantitative estimate of drug-likeness (QED) is 0.252. The van der Waals surface area contributed by atoms with Crippen LogP contribution in [0.2, 0.25) is 0 Å². The molecule has 0 aliphatic carbocycles. The normalized spacial score (nSPS) is 12.6. The minimum absolute atomic E-state index is 0.00810. The summed E-state index contributed by atoms with van der Waals surface area (Å²) in [7, 11) is 0. The van der Waals surface area contributed by atoms with Gasteiger partial charge in [-0.3, -0.25) is 10.1 Å². The molecule has 0 aromatic rings. The lowest BCUT2D eigenvalue weighted by atomic mass is 10.3. The average Bonchev–Trinajstić information content (AvgIpc) is 2.10. The van der Waals surface area contributed by atoms with Crippen molar-refractivity contribution in [1.82, 2.24) is 0 Å². The molecule has 0 amide bonds. The van der Waals surface area contributed by atoms with Crippen LogP contribution in [0.3, 0.4) is 0 Å². The van der Waals surface area contributed by atoms with Crippen LogP contribution in [-0.4, -0.2) is 16.6 Å². The number of rotatable bonds is 5. The van der Waals surface area contributed by atoms with Gasteiger partial charge in [0, 0.05) is 6.42 Å². The summed E-state index contributed by atoms with van der Waals surface area (Å²) < 4.78 is 0. The Bertz CT molecular complexity index is 259. The van der Waals surface area contributed by atoms with Crippen molar-refractivity contribution in [2.75, 3.05) is 6.54 Å². The smallest absolute Gasteiger partial charge is 0.444 e. The second-order valence-electron chi connectivity index (χ2n) is 1.91. The number of nitrogens with one attached hydrogen (secondary N) is 1. The minimum Gasteiger partial charge on any atom is -0.455 e. The summed E-state index contributed by atoms with van der Waals surface area (Å²) in [5.41, 5.74) is 11.0. The van der Waals surface area contributed by atoms with Crippen molar-refractivity contribution in [2.45, 2.75) is 6.42 Å². The van der Waals surface area contributed by atoms with Crippen molar-refractivity contribution in [3.05, 3.63) is 21.7 Å². The Morgan fingerprint density at radius 3 is 2.77 bits per heavy atom. The van der Waals surface area contributed by atoms with Crippen molar-refractivity contribution in [1.29, 1.82) is 5.53 Å². The molecule has 72 valence electrons. The third-order valence-corrected chi connectivity index (χ3v) is 1.05. The summed E-state index contributed by atoms with van der Waals surface area (Å²) in [5.74, 6) is -1.09. The van der Waals surface area contributed by atoms with E-state index in [9.17, 15) is 10.1 Å². The van der Waals surface area contributed by atoms with Crippen LogP contribution in [0.1, 0.15) is 6.42 Å². The van der Waals surface area contributed by atoms with E-state index in [-0.39, 0.29) is 18.7 Å². The highest BCUT2D eigenvalue weighted by Gasteiger charge is 2.12. The largest absolute Gasteiger partial charge is 0.455 e. The second kappa shape index (κ2) is 5.57. The first-order chi connectivity index (χ1) is 6.09. The van der Waals surface area contributed by atoms with Crippen LogP contribution >= 0.6 is 0 Å². The monoisotopic (exact) mass is 188 g/mol.